The van der Waals surface area contributed by atoms with Crippen molar-refractivity contribution in [2.24, 2.45) is 0 Å². The molecule has 1 aromatic carbocycles. The molecule has 0 amide bonds. The summed E-state index contributed by atoms with van der Waals surface area (Å²) in [7, 11) is 0. The lowest BCUT2D eigenvalue weighted by molar-refractivity contribution is -0.151. The van der Waals surface area contributed by atoms with Gasteiger partial charge >= 0.3 is 5.97 Å². The van der Waals surface area contributed by atoms with Gasteiger partial charge in [0.2, 0.25) is 0 Å². The lowest BCUT2D eigenvalue weighted by Gasteiger charge is -2.41. The van der Waals surface area contributed by atoms with Crippen molar-refractivity contribution in [1.29, 1.82) is 0 Å². The molecule has 6 heteroatoms. The zero-order valence-electron chi connectivity index (χ0n) is 10.6. The summed E-state index contributed by atoms with van der Waals surface area (Å²) in [6.07, 6.45) is 0. The smallest absolute Gasteiger partial charge is 0.328 e. The van der Waals surface area contributed by atoms with Crippen molar-refractivity contribution >= 4 is 33.5 Å². The molecule has 1 unspecified atom stereocenters. The first-order chi connectivity index (χ1) is 8.96. The van der Waals surface area contributed by atoms with Crippen molar-refractivity contribution in [1.82, 2.24) is 10.2 Å². The maximum atomic E-state index is 11.8. The van der Waals surface area contributed by atoms with E-state index in [1.807, 2.05) is 11.0 Å². The van der Waals surface area contributed by atoms with Crippen LogP contribution in [0.5, 0.6) is 0 Å². The molecular formula is C13H16BrClN2O2. The van der Waals surface area contributed by atoms with Crippen LogP contribution in [0.2, 0.25) is 5.02 Å². The number of hydrogen-bond acceptors (Lipinski definition) is 3. The Morgan fingerprint density at radius 2 is 2.11 bits per heavy atom. The highest BCUT2D eigenvalue weighted by molar-refractivity contribution is 9.10. The molecule has 0 saturated carbocycles. The van der Waals surface area contributed by atoms with Crippen molar-refractivity contribution in [3.63, 3.8) is 0 Å². The molecule has 1 saturated heterocycles. The first-order valence-electron chi connectivity index (χ1n) is 6.11. The molecule has 2 rings (SSSR count). The number of halogens is 2. The number of carbonyl (C=O) groups is 1. The van der Waals surface area contributed by atoms with Gasteiger partial charge in [-0.1, -0.05) is 33.6 Å². The van der Waals surface area contributed by atoms with Crippen molar-refractivity contribution in [2.75, 3.05) is 26.2 Å². The summed E-state index contributed by atoms with van der Waals surface area (Å²) in [4.78, 5) is 13.8. The highest BCUT2D eigenvalue weighted by Crippen LogP contribution is 2.35. The molecular weight excluding hydrogens is 332 g/mol. The van der Waals surface area contributed by atoms with E-state index in [1.165, 1.54) is 0 Å². The van der Waals surface area contributed by atoms with Crippen LogP contribution in [-0.4, -0.2) is 42.2 Å². The zero-order chi connectivity index (χ0) is 14.0. The third-order valence-corrected chi connectivity index (χ3v) is 4.43. The van der Waals surface area contributed by atoms with Gasteiger partial charge in [-0.05, 0) is 19.1 Å². The zero-order valence-corrected chi connectivity index (χ0v) is 13.0. The molecule has 1 aliphatic heterocycles. The second kappa shape index (κ2) is 5.79. The predicted molar refractivity (Wildman–Crippen MR) is 78.6 cm³/mol. The fourth-order valence-electron chi connectivity index (χ4n) is 2.42. The Hall–Kier alpha value is -0.620. The molecule has 0 aliphatic carbocycles. The minimum Gasteiger partial charge on any atom is -0.480 e. The fraction of sp³-hybridized carbons (Fsp3) is 0.462. The van der Waals surface area contributed by atoms with E-state index >= 15 is 0 Å². The molecule has 1 heterocycles. The molecule has 104 valence electrons. The SMILES string of the molecule is CC(C(=O)O)(c1ccc(Br)cc1Cl)N1CCNCC1. The van der Waals surface area contributed by atoms with Crippen molar-refractivity contribution in [3.05, 3.63) is 33.3 Å². The Morgan fingerprint density at radius 3 is 2.63 bits per heavy atom. The van der Waals surface area contributed by atoms with Crippen LogP contribution in [0.4, 0.5) is 0 Å². The Morgan fingerprint density at radius 1 is 1.47 bits per heavy atom. The lowest BCUT2D eigenvalue weighted by atomic mass is 9.89. The molecule has 19 heavy (non-hydrogen) atoms. The van der Waals surface area contributed by atoms with Gasteiger partial charge in [0.15, 0.2) is 0 Å². The normalized spacial score (nSPS) is 19.9. The van der Waals surface area contributed by atoms with Crippen LogP contribution < -0.4 is 5.32 Å². The Balaban J connectivity index is 2.46. The number of benzene rings is 1. The minimum absolute atomic E-state index is 0.470. The Bertz CT molecular complexity index is 492. The van der Waals surface area contributed by atoms with E-state index in [1.54, 1.807) is 19.1 Å². The molecule has 0 aromatic heterocycles. The summed E-state index contributed by atoms with van der Waals surface area (Å²) in [5, 5.41) is 13.4. The average molecular weight is 348 g/mol. The number of aliphatic carboxylic acids is 1. The summed E-state index contributed by atoms with van der Waals surface area (Å²) in [6, 6.07) is 5.34. The van der Waals surface area contributed by atoms with Crippen LogP contribution in [0.15, 0.2) is 22.7 Å². The second-order valence-electron chi connectivity index (χ2n) is 4.74. The standard InChI is InChI=1S/C13H16BrClN2O2/c1-13(12(18)19,17-6-4-16-5-7-17)10-3-2-9(14)8-11(10)15/h2-3,8,16H,4-7H2,1H3,(H,18,19). The maximum Gasteiger partial charge on any atom is 0.328 e. The number of carboxylic acids is 1. The van der Waals surface area contributed by atoms with Crippen molar-refractivity contribution in [3.8, 4) is 0 Å². The summed E-state index contributed by atoms with van der Waals surface area (Å²) in [6.45, 7) is 4.67. The van der Waals surface area contributed by atoms with Crippen LogP contribution in [-0.2, 0) is 10.3 Å². The third kappa shape index (κ3) is 2.79. The topological polar surface area (TPSA) is 52.6 Å². The first-order valence-corrected chi connectivity index (χ1v) is 7.28. The maximum absolute atomic E-state index is 11.8. The molecule has 1 aromatic rings. The Labute approximate surface area is 125 Å². The molecule has 1 fully saturated rings. The van der Waals surface area contributed by atoms with Gasteiger partial charge in [0.05, 0.1) is 0 Å². The Kier molecular flexibility index (Phi) is 4.50. The third-order valence-electron chi connectivity index (χ3n) is 3.62. The van der Waals surface area contributed by atoms with E-state index in [0.29, 0.717) is 23.7 Å². The summed E-state index contributed by atoms with van der Waals surface area (Å²) < 4.78 is 0.842. The van der Waals surface area contributed by atoms with Gasteiger partial charge < -0.3 is 10.4 Å². The lowest BCUT2D eigenvalue weighted by Crippen LogP contribution is -2.56. The van der Waals surface area contributed by atoms with Gasteiger partial charge in [0.1, 0.15) is 5.54 Å². The summed E-state index contributed by atoms with van der Waals surface area (Å²) in [5.74, 6) is -0.876. The van der Waals surface area contributed by atoms with Crippen LogP contribution >= 0.6 is 27.5 Å². The van der Waals surface area contributed by atoms with Crippen molar-refractivity contribution in [2.45, 2.75) is 12.5 Å². The number of hydrogen-bond donors (Lipinski definition) is 2. The number of nitrogens with one attached hydrogen (secondary N) is 1. The molecule has 1 aliphatic rings. The fourth-order valence-corrected chi connectivity index (χ4v) is 3.27. The highest BCUT2D eigenvalue weighted by Gasteiger charge is 2.43. The van der Waals surface area contributed by atoms with E-state index in [2.05, 4.69) is 21.2 Å². The second-order valence-corrected chi connectivity index (χ2v) is 6.06. The predicted octanol–water partition coefficient (Wildman–Crippen LogP) is 2.31. The van der Waals surface area contributed by atoms with E-state index < -0.39 is 11.5 Å². The van der Waals surface area contributed by atoms with E-state index in [9.17, 15) is 9.90 Å². The highest BCUT2D eigenvalue weighted by atomic mass is 79.9. The van der Waals surface area contributed by atoms with Gasteiger partial charge in [-0.15, -0.1) is 0 Å². The minimum atomic E-state index is -1.10. The molecule has 1 atom stereocenters. The molecule has 0 spiro atoms. The van der Waals surface area contributed by atoms with Crippen LogP contribution in [0.1, 0.15) is 12.5 Å². The van der Waals surface area contributed by atoms with E-state index in [0.717, 1.165) is 17.6 Å². The number of rotatable bonds is 3. The average Bonchev–Trinajstić information content (AvgIpc) is 2.38. The van der Waals surface area contributed by atoms with Gasteiger partial charge in [0, 0.05) is 41.2 Å². The molecule has 4 nitrogen and oxygen atoms in total. The van der Waals surface area contributed by atoms with E-state index in [4.69, 9.17) is 11.6 Å². The number of nitrogens with zero attached hydrogens (tertiary/aromatic N) is 1. The number of piperazine rings is 1. The number of carboxylic acid groups (broad SMARTS) is 1. The molecule has 0 radical (unpaired) electrons. The summed E-state index contributed by atoms with van der Waals surface area (Å²) in [5.41, 5.74) is -0.466. The quantitative estimate of drug-likeness (QED) is 0.881. The molecule has 0 bridgehead atoms. The van der Waals surface area contributed by atoms with Gasteiger partial charge in [-0.3, -0.25) is 4.90 Å². The molecule has 2 N–H and O–H groups in total. The van der Waals surface area contributed by atoms with Crippen molar-refractivity contribution < 1.29 is 9.90 Å². The van der Waals surface area contributed by atoms with Crippen LogP contribution in [0, 0.1) is 0 Å². The van der Waals surface area contributed by atoms with Gasteiger partial charge in [-0.2, -0.15) is 0 Å². The van der Waals surface area contributed by atoms with Gasteiger partial charge in [-0.25, -0.2) is 4.79 Å². The monoisotopic (exact) mass is 346 g/mol. The first kappa shape index (κ1) is 14.8. The summed E-state index contributed by atoms with van der Waals surface area (Å²) >= 11 is 9.58. The van der Waals surface area contributed by atoms with Gasteiger partial charge in [0.25, 0.3) is 0 Å². The van der Waals surface area contributed by atoms with Crippen LogP contribution in [0.3, 0.4) is 0 Å². The largest absolute Gasteiger partial charge is 0.480 e. The van der Waals surface area contributed by atoms with Crippen LogP contribution in [0.25, 0.3) is 0 Å². The van der Waals surface area contributed by atoms with E-state index in [-0.39, 0.29) is 0 Å².